The fourth-order valence-corrected chi connectivity index (χ4v) is 3.16. The van der Waals surface area contributed by atoms with Crippen molar-refractivity contribution in [2.24, 2.45) is 0 Å². The Hall–Kier alpha value is -1.30. The van der Waals surface area contributed by atoms with Gasteiger partial charge in [-0.1, -0.05) is 17.7 Å². The van der Waals surface area contributed by atoms with Crippen LogP contribution in [0.3, 0.4) is 0 Å². The molecule has 0 saturated heterocycles. The summed E-state index contributed by atoms with van der Waals surface area (Å²) in [4.78, 5) is 3.31. The summed E-state index contributed by atoms with van der Waals surface area (Å²) >= 11 is 5.80. The smallest absolute Gasteiger partial charge is 0.240 e. The molecule has 0 fully saturated rings. The van der Waals surface area contributed by atoms with Crippen LogP contribution in [-0.4, -0.2) is 13.4 Å². The highest BCUT2D eigenvalue weighted by Crippen LogP contribution is 2.16. The van der Waals surface area contributed by atoms with Crippen LogP contribution < -0.4 is 4.72 Å². The normalized spacial score (nSPS) is 11.7. The van der Waals surface area contributed by atoms with Crippen LogP contribution in [0.15, 0.2) is 35.2 Å². The minimum Gasteiger partial charge on any atom is -0.362 e. The van der Waals surface area contributed by atoms with Gasteiger partial charge in [-0.15, -0.1) is 0 Å². The first-order chi connectivity index (χ1) is 8.88. The zero-order valence-electron chi connectivity index (χ0n) is 10.7. The summed E-state index contributed by atoms with van der Waals surface area (Å²) in [6.45, 7) is 4.10. The summed E-state index contributed by atoms with van der Waals surface area (Å²) in [6.07, 6.45) is 0. The number of hydrogen-bond acceptors (Lipinski definition) is 2. The molecular weight excluding hydrogens is 284 g/mol. The highest BCUT2D eigenvalue weighted by atomic mass is 35.5. The van der Waals surface area contributed by atoms with Crippen molar-refractivity contribution in [3.05, 3.63) is 52.3 Å². The van der Waals surface area contributed by atoms with Crippen LogP contribution in [0.2, 0.25) is 5.02 Å². The fraction of sp³-hybridized carbons (Fsp3) is 0.231. The maximum absolute atomic E-state index is 12.1. The highest BCUT2D eigenvalue weighted by molar-refractivity contribution is 7.89. The third-order valence-electron chi connectivity index (χ3n) is 2.82. The van der Waals surface area contributed by atoms with Crippen LogP contribution in [0, 0.1) is 13.8 Å². The van der Waals surface area contributed by atoms with Crippen molar-refractivity contribution in [1.29, 1.82) is 0 Å². The van der Waals surface area contributed by atoms with Crippen molar-refractivity contribution < 1.29 is 8.42 Å². The summed E-state index contributed by atoms with van der Waals surface area (Å²) in [5.74, 6) is 0. The van der Waals surface area contributed by atoms with E-state index in [9.17, 15) is 8.42 Å². The number of nitrogens with one attached hydrogen (secondary N) is 2. The molecule has 2 rings (SSSR count). The van der Waals surface area contributed by atoms with Crippen molar-refractivity contribution in [2.45, 2.75) is 25.3 Å². The Bertz CT molecular complexity index is 692. The second-order valence-electron chi connectivity index (χ2n) is 4.38. The highest BCUT2D eigenvalue weighted by Gasteiger charge is 2.14. The molecular formula is C13H15ClN2O2S. The second-order valence-corrected chi connectivity index (χ2v) is 6.59. The first-order valence-corrected chi connectivity index (χ1v) is 7.65. The van der Waals surface area contributed by atoms with Crippen LogP contribution in [0.1, 0.15) is 17.0 Å². The molecule has 0 unspecified atom stereocenters. The van der Waals surface area contributed by atoms with Crippen molar-refractivity contribution in [2.75, 3.05) is 0 Å². The lowest BCUT2D eigenvalue weighted by atomic mass is 10.2. The number of rotatable bonds is 4. The number of halogens is 1. The molecule has 19 heavy (non-hydrogen) atoms. The minimum atomic E-state index is -3.54. The maximum atomic E-state index is 12.1. The average Bonchev–Trinajstić information content (AvgIpc) is 2.65. The minimum absolute atomic E-state index is 0.171. The zero-order chi connectivity index (χ0) is 14.0. The van der Waals surface area contributed by atoms with Crippen molar-refractivity contribution in [1.82, 2.24) is 9.71 Å². The molecule has 2 aromatic rings. The molecule has 0 atom stereocenters. The summed E-state index contributed by atoms with van der Waals surface area (Å²) < 4.78 is 26.8. The van der Waals surface area contributed by atoms with E-state index in [-0.39, 0.29) is 11.4 Å². The van der Waals surface area contributed by atoms with Gasteiger partial charge in [0.25, 0.3) is 0 Å². The number of H-pyrrole nitrogens is 1. The Morgan fingerprint density at radius 3 is 2.58 bits per heavy atom. The third-order valence-corrected chi connectivity index (χ3v) is 4.45. The number of aromatic amines is 1. The summed E-state index contributed by atoms with van der Waals surface area (Å²) in [5.41, 5.74) is 2.91. The lowest BCUT2D eigenvalue weighted by Crippen LogP contribution is -2.23. The monoisotopic (exact) mass is 298 g/mol. The van der Waals surface area contributed by atoms with Gasteiger partial charge in [-0.2, -0.15) is 0 Å². The van der Waals surface area contributed by atoms with Crippen molar-refractivity contribution in [3.63, 3.8) is 0 Å². The van der Waals surface area contributed by atoms with E-state index in [2.05, 4.69) is 9.71 Å². The molecule has 102 valence electrons. The number of sulfonamides is 1. The van der Waals surface area contributed by atoms with Crippen molar-refractivity contribution >= 4 is 21.6 Å². The van der Waals surface area contributed by atoms with E-state index in [1.165, 1.54) is 12.1 Å². The molecule has 0 saturated carbocycles. The lowest BCUT2D eigenvalue weighted by molar-refractivity contribution is 0.581. The van der Waals surface area contributed by atoms with Crippen LogP contribution in [0.25, 0.3) is 0 Å². The molecule has 0 aliphatic heterocycles. The summed E-state index contributed by atoms with van der Waals surface area (Å²) in [6, 6.07) is 8.13. The van der Waals surface area contributed by atoms with Gasteiger partial charge >= 0.3 is 0 Å². The van der Waals surface area contributed by atoms with Gasteiger partial charge in [-0.3, -0.25) is 0 Å². The fourth-order valence-electron chi connectivity index (χ4n) is 1.86. The standard InChI is InChI=1S/C13H15ClN2O2S/c1-9-6-11(10(2)16-9)8-15-19(17,18)13-5-3-4-12(14)7-13/h3-7,15-16H,8H2,1-2H3. The summed E-state index contributed by atoms with van der Waals surface area (Å²) in [5, 5.41) is 0.400. The molecule has 1 aromatic heterocycles. The van der Waals surface area contributed by atoms with Crippen LogP contribution in [0.4, 0.5) is 0 Å². The molecule has 4 nitrogen and oxygen atoms in total. The van der Waals surface area contributed by atoms with Gasteiger partial charge in [0.05, 0.1) is 4.90 Å². The van der Waals surface area contributed by atoms with Gasteiger partial charge in [-0.25, -0.2) is 13.1 Å². The molecule has 1 heterocycles. The topological polar surface area (TPSA) is 62.0 Å². The van der Waals surface area contributed by atoms with Crippen LogP contribution in [-0.2, 0) is 16.6 Å². The first kappa shape index (κ1) is 14.1. The summed E-state index contributed by atoms with van der Waals surface area (Å²) in [7, 11) is -3.54. The Morgan fingerprint density at radius 1 is 1.26 bits per heavy atom. The van der Waals surface area contributed by atoms with E-state index in [1.807, 2.05) is 19.9 Å². The zero-order valence-corrected chi connectivity index (χ0v) is 12.3. The Morgan fingerprint density at radius 2 is 2.00 bits per heavy atom. The molecule has 1 aromatic carbocycles. The average molecular weight is 299 g/mol. The lowest BCUT2D eigenvalue weighted by Gasteiger charge is -2.06. The Balaban J connectivity index is 2.16. The van der Waals surface area contributed by atoms with E-state index < -0.39 is 10.0 Å². The molecule has 2 N–H and O–H groups in total. The van der Waals surface area contributed by atoms with Crippen molar-refractivity contribution in [3.8, 4) is 0 Å². The molecule has 0 aliphatic carbocycles. The predicted molar refractivity (Wildman–Crippen MR) is 75.7 cm³/mol. The first-order valence-electron chi connectivity index (χ1n) is 5.79. The number of hydrogen-bond donors (Lipinski definition) is 2. The molecule has 0 spiro atoms. The van der Waals surface area contributed by atoms with Gasteiger partial charge < -0.3 is 4.98 Å². The second kappa shape index (κ2) is 5.36. The van der Waals surface area contributed by atoms with Gasteiger partial charge in [0, 0.05) is 23.0 Å². The third kappa shape index (κ3) is 3.37. The largest absolute Gasteiger partial charge is 0.362 e. The van der Waals surface area contributed by atoms with E-state index in [0.717, 1.165) is 17.0 Å². The van der Waals surface area contributed by atoms with E-state index in [0.29, 0.717) is 5.02 Å². The van der Waals surface area contributed by atoms with Crippen LogP contribution >= 0.6 is 11.6 Å². The van der Waals surface area contributed by atoms with Crippen LogP contribution in [0.5, 0.6) is 0 Å². The molecule has 0 aliphatic rings. The molecule has 0 radical (unpaired) electrons. The van der Waals surface area contributed by atoms with Gasteiger partial charge in [0.1, 0.15) is 0 Å². The predicted octanol–water partition coefficient (Wildman–Crippen LogP) is 2.76. The number of aryl methyl sites for hydroxylation is 2. The molecule has 0 amide bonds. The SMILES string of the molecule is Cc1cc(CNS(=O)(=O)c2cccc(Cl)c2)c(C)[nH]1. The Kier molecular flexibility index (Phi) is 3.99. The quantitative estimate of drug-likeness (QED) is 0.912. The Labute approximate surface area is 117 Å². The van der Waals surface area contributed by atoms with E-state index in [1.54, 1.807) is 12.1 Å². The van der Waals surface area contributed by atoms with Gasteiger partial charge in [0.2, 0.25) is 10.0 Å². The van der Waals surface area contributed by atoms with E-state index >= 15 is 0 Å². The maximum Gasteiger partial charge on any atom is 0.240 e. The van der Waals surface area contributed by atoms with Gasteiger partial charge in [-0.05, 0) is 43.7 Å². The number of benzene rings is 1. The van der Waals surface area contributed by atoms with E-state index in [4.69, 9.17) is 11.6 Å². The van der Waals surface area contributed by atoms with Gasteiger partial charge in [0.15, 0.2) is 0 Å². The molecule has 6 heteroatoms. The molecule has 0 bridgehead atoms. The number of aromatic nitrogens is 1.